The number of fused-ring (bicyclic) bond motifs is 1. The minimum atomic E-state index is -0.325. The molecule has 1 amide bonds. The van der Waals surface area contributed by atoms with Crippen LogP contribution in [0.5, 0.6) is 0 Å². The second-order valence-corrected chi connectivity index (χ2v) is 7.04. The van der Waals surface area contributed by atoms with Gasteiger partial charge in [-0.05, 0) is 49.2 Å². The van der Waals surface area contributed by atoms with Crippen molar-refractivity contribution in [3.05, 3.63) is 59.9 Å². The maximum atomic E-state index is 13.0. The summed E-state index contributed by atoms with van der Waals surface area (Å²) in [5, 5.41) is 8.23. The van der Waals surface area contributed by atoms with Crippen molar-refractivity contribution in [2.75, 3.05) is 10.7 Å². The highest BCUT2D eigenvalue weighted by Gasteiger charge is 2.30. The molecule has 0 bridgehead atoms. The highest BCUT2D eigenvalue weighted by molar-refractivity contribution is 7.99. The van der Waals surface area contributed by atoms with E-state index in [2.05, 4.69) is 16.3 Å². The van der Waals surface area contributed by atoms with Crippen LogP contribution in [-0.4, -0.2) is 27.9 Å². The summed E-state index contributed by atoms with van der Waals surface area (Å²) in [5.74, 6) is 0.200. The average Bonchev–Trinajstić information content (AvgIpc) is 3.24. The van der Waals surface area contributed by atoms with Crippen molar-refractivity contribution in [1.82, 2.24) is 10.2 Å². The van der Waals surface area contributed by atoms with Crippen molar-refractivity contribution in [2.24, 2.45) is 0 Å². The van der Waals surface area contributed by atoms with Gasteiger partial charge in [-0.1, -0.05) is 30.0 Å². The number of hydrogen-bond donors (Lipinski definition) is 0. The van der Waals surface area contributed by atoms with Gasteiger partial charge < -0.3 is 9.32 Å². The SMILES string of the molecule is CC1Cc2ccccc2N1C(=O)CSc1nnc(-c2ccc(F)cc2)o1. The molecule has 26 heavy (non-hydrogen) atoms. The summed E-state index contributed by atoms with van der Waals surface area (Å²) in [4.78, 5) is 14.5. The van der Waals surface area contributed by atoms with Gasteiger partial charge in [0.1, 0.15) is 5.82 Å². The molecule has 2 aromatic carbocycles. The third-order valence-corrected chi connectivity index (χ3v) is 5.10. The van der Waals surface area contributed by atoms with Crippen molar-refractivity contribution in [2.45, 2.75) is 24.6 Å². The van der Waals surface area contributed by atoms with Crippen LogP contribution in [0.4, 0.5) is 10.1 Å². The molecule has 0 saturated carbocycles. The smallest absolute Gasteiger partial charge is 0.277 e. The van der Waals surface area contributed by atoms with Gasteiger partial charge in [-0.3, -0.25) is 4.79 Å². The van der Waals surface area contributed by atoms with Crippen molar-refractivity contribution in [1.29, 1.82) is 0 Å². The molecular weight excluding hydrogens is 353 g/mol. The van der Waals surface area contributed by atoms with Crippen molar-refractivity contribution in [3.63, 3.8) is 0 Å². The van der Waals surface area contributed by atoms with Crippen LogP contribution in [0.25, 0.3) is 11.5 Å². The predicted octanol–water partition coefficient (Wildman–Crippen LogP) is 3.95. The third kappa shape index (κ3) is 3.22. The van der Waals surface area contributed by atoms with Crippen LogP contribution in [0.3, 0.4) is 0 Å². The van der Waals surface area contributed by atoms with Gasteiger partial charge in [0.05, 0.1) is 5.75 Å². The Hall–Kier alpha value is -2.67. The van der Waals surface area contributed by atoms with Crippen molar-refractivity contribution >= 4 is 23.4 Å². The Balaban J connectivity index is 1.43. The lowest BCUT2D eigenvalue weighted by atomic mass is 10.1. The van der Waals surface area contributed by atoms with Crippen LogP contribution in [0.1, 0.15) is 12.5 Å². The molecule has 1 aliphatic rings. The number of aromatic nitrogens is 2. The fourth-order valence-electron chi connectivity index (χ4n) is 3.12. The van der Waals surface area contributed by atoms with Crippen LogP contribution in [0, 0.1) is 5.82 Å². The highest BCUT2D eigenvalue weighted by atomic mass is 32.2. The Labute approximate surface area is 154 Å². The Morgan fingerprint density at radius 3 is 2.81 bits per heavy atom. The molecule has 132 valence electrons. The topological polar surface area (TPSA) is 59.2 Å². The summed E-state index contributed by atoms with van der Waals surface area (Å²) >= 11 is 1.21. The van der Waals surface area contributed by atoms with E-state index in [1.807, 2.05) is 30.0 Å². The summed E-state index contributed by atoms with van der Waals surface area (Å²) in [7, 11) is 0. The maximum absolute atomic E-state index is 13.0. The number of rotatable bonds is 4. The van der Waals surface area contributed by atoms with E-state index in [1.165, 1.54) is 29.5 Å². The standard InChI is InChI=1S/C19H16FN3O2S/c1-12-10-14-4-2-3-5-16(14)23(12)17(24)11-26-19-22-21-18(25-19)13-6-8-15(20)9-7-13/h2-9,12H,10-11H2,1H3. The molecule has 1 atom stereocenters. The normalized spacial score (nSPS) is 15.9. The molecule has 1 aliphatic heterocycles. The van der Waals surface area contributed by atoms with Crippen molar-refractivity contribution < 1.29 is 13.6 Å². The van der Waals surface area contributed by atoms with Crippen LogP contribution >= 0.6 is 11.8 Å². The van der Waals surface area contributed by atoms with Crippen LogP contribution in [-0.2, 0) is 11.2 Å². The third-order valence-electron chi connectivity index (χ3n) is 4.29. The molecule has 0 spiro atoms. The van der Waals surface area contributed by atoms with E-state index in [1.54, 1.807) is 12.1 Å². The Kier molecular flexibility index (Phi) is 4.46. The van der Waals surface area contributed by atoms with Crippen LogP contribution < -0.4 is 4.90 Å². The lowest BCUT2D eigenvalue weighted by Crippen LogP contribution is -2.36. The summed E-state index contributed by atoms with van der Waals surface area (Å²) in [6.45, 7) is 2.04. The monoisotopic (exact) mass is 369 g/mol. The number of amides is 1. The molecule has 2 heterocycles. The number of anilines is 1. The van der Waals surface area contributed by atoms with E-state index in [0.29, 0.717) is 16.7 Å². The molecule has 0 fully saturated rings. The first kappa shape index (κ1) is 16.8. The van der Waals surface area contributed by atoms with Gasteiger partial charge in [-0.2, -0.15) is 0 Å². The molecule has 5 nitrogen and oxygen atoms in total. The number of nitrogens with zero attached hydrogens (tertiary/aromatic N) is 3. The average molecular weight is 369 g/mol. The number of halogens is 1. The van der Waals surface area contributed by atoms with E-state index >= 15 is 0 Å². The lowest BCUT2D eigenvalue weighted by molar-refractivity contribution is -0.116. The zero-order chi connectivity index (χ0) is 18.1. The zero-order valence-electron chi connectivity index (χ0n) is 14.1. The molecule has 0 N–H and O–H groups in total. The Morgan fingerprint density at radius 1 is 1.23 bits per heavy atom. The first-order valence-corrected chi connectivity index (χ1v) is 9.22. The molecular formula is C19H16FN3O2S. The molecule has 1 unspecified atom stereocenters. The summed E-state index contributed by atoms with van der Waals surface area (Å²) < 4.78 is 18.6. The fourth-order valence-corrected chi connectivity index (χ4v) is 3.74. The van der Waals surface area contributed by atoms with E-state index in [0.717, 1.165) is 12.1 Å². The van der Waals surface area contributed by atoms with E-state index in [4.69, 9.17) is 4.42 Å². The number of hydrogen-bond acceptors (Lipinski definition) is 5. The number of carbonyl (C=O) groups is 1. The predicted molar refractivity (Wildman–Crippen MR) is 97.5 cm³/mol. The summed E-state index contributed by atoms with van der Waals surface area (Å²) in [5.41, 5.74) is 2.80. The minimum Gasteiger partial charge on any atom is -0.411 e. The van der Waals surface area contributed by atoms with Crippen molar-refractivity contribution in [3.8, 4) is 11.5 Å². The maximum Gasteiger partial charge on any atom is 0.277 e. The lowest BCUT2D eigenvalue weighted by Gasteiger charge is -2.22. The summed E-state index contributed by atoms with van der Waals surface area (Å²) in [6, 6.07) is 13.9. The number of para-hydroxylation sites is 1. The molecule has 3 aromatic rings. The molecule has 7 heteroatoms. The first-order chi connectivity index (χ1) is 12.6. The summed E-state index contributed by atoms with van der Waals surface area (Å²) in [6.07, 6.45) is 0.863. The van der Waals surface area contributed by atoms with Gasteiger partial charge >= 0.3 is 0 Å². The molecule has 4 rings (SSSR count). The molecule has 0 aliphatic carbocycles. The molecule has 0 saturated heterocycles. The van der Waals surface area contributed by atoms with Gasteiger partial charge in [-0.25, -0.2) is 4.39 Å². The minimum absolute atomic E-state index is 0.00832. The van der Waals surface area contributed by atoms with Crippen LogP contribution in [0.15, 0.2) is 58.2 Å². The van der Waals surface area contributed by atoms with Gasteiger partial charge in [0.2, 0.25) is 11.8 Å². The van der Waals surface area contributed by atoms with Gasteiger partial charge in [0, 0.05) is 17.3 Å². The van der Waals surface area contributed by atoms with E-state index in [-0.39, 0.29) is 23.5 Å². The fraction of sp³-hybridized carbons (Fsp3) is 0.211. The zero-order valence-corrected chi connectivity index (χ0v) is 14.9. The number of thioether (sulfide) groups is 1. The number of benzene rings is 2. The second kappa shape index (κ2) is 6.92. The second-order valence-electron chi connectivity index (χ2n) is 6.11. The van der Waals surface area contributed by atoms with Gasteiger partial charge in [0.25, 0.3) is 5.22 Å². The van der Waals surface area contributed by atoms with Gasteiger partial charge in [0.15, 0.2) is 0 Å². The number of carbonyl (C=O) groups excluding carboxylic acids is 1. The first-order valence-electron chi connectivity index (χ1n) is 8.24. The van der Waals surface area contributed by atoms with Crippen LogP contribution in [0.2, 0.25) is 0 Å². The molecule has 1 aromatic heterocycles. The largest absolute Gasteiger partial charge is 0.411 e. The quantitative estimate of drug-likeness (QED) is 0.652. The van der Waals surface area contributed by atoms with E-state index in [9.17, 15) is 9.18 Å². The Bertz CT molecular complexity index is 942. The molecule has 0 radical (unpaired) electrons. The van der Waals surface area contributed by atoms with Gasteiger partial charge in [-0.15, -0.1) is 10.2 Å². The Morgan fingerprint density at radius 2 is 2.00 bits per heavy atom. The van der Waals surface area contributed by atoms with E-state index < -0.39 is 0 Å². The highest BCUT2D eigenvalue weighted by Crippen LogP contribution is 2.33.